The van der Waals surface area contributed by atoms with Crippen molar-refractivity contribution >= 4 is 16.9 Å². The molecule has 1 aromatic heterocycles. The fourth-order valence-electron chi connectivity index (χ4n) is 7.38. The standard InChI is InChI=1S/C40H44N4O5/c1-26-37(24-43-21-19-33(20-22-43)44-36-10-6-5-9-35(36)42-40(44)47)48-39(49-38(26)30-13-11-28(25-45)12-14-30)31-17-15-29(16-18-31)34-8-4-3-7-32(34)23-41-27(2)46/h3-18,26,33,37-39,45H,19-25H2,1-2H3,(H,41,46)(H,42,47). The smallest absolute Gasteiger partial charge is 0.326 e. The molecule has 7 rings (SSSR count). The number of carbonyl (C=O) groups excluding carboxylic acids is 1. The molecule has 0 spiro atoms. The number of ether oxygens (including phenoxy) is 2. The van der Waals surface area contributed by atoms with E-state index in [4.69, 9.17) is 9.47 Å². The maximum atomic E-state index is 12.9. The average molecular weight is 661 g/mol. The monoisotopic (exact) mass is 660 g/mol. The van der Waals surface area contributed by atoms with Gasteiger partial charge in [0.05, 0.1) is 29.8 Å². The summed E-state index contributed by atoms with van der Waals surface area (Å²) in [4.78, 5) is 29.9. The summed E-state index contributed by atoms with van der Waals surface area (Å²) in [7, 11) is 0. The second-order valence-corrected chi connectivity index (χ2v) is 13.4. The van der Waals surface area contributed by atoms with E-state index in [0.29, 0.717) is 6.54 Å². The molecule has 0 aliphatic carbocycles. The van der Waals surface area contributed by atoms with Crippen molar-refractivity contribution in [3.05, 3.63) is 130 Å². The van der Waals surface area contributed by atoms with Crippen molar-refractivity contribution in [3.8, 4) is 11.1 Å². The third-order valence-electron chi connectivity index (χ3n) is 10.1. The van der Waals surface area contributed by atoms with Crippen LogP contribution in [0.4, 0.5) is 0 Å². The molecule has 9 nitrogen and oxygen atoms in total. The Hall–Kier alpha value is -4.54. The normalized spacial score (nSPS) is 21.9. The fraction of sp³-hybridized carbons (Fsp3) is 0.350. The summed E-state index contributed by atoms with van der Waals surface area (Å²) in [6, 6.07) is 32.5. The van der Waals surface area contributed by atoms with Gasteiger partial charge in [-0.05, 0) is 52.8 Å². The van der Waals surface area contributed by atoms with Crippen LogP contribution in [0.15, 0.2) is 102 Å². The fourth-order valence-corrected chi connectivity index (χ4v) is 7.38. The minimum atomic E-state index is -0.560. The zero-order valence-electron chi connectivity index (χ0n) is 28.0. The van der Waals surface area contributed by atoms with E-state index in [9.17, 15) is 14.7 Å². The van der Waals surface area contributed by atoms with Gasteiger partial charge in [-0.1, -0.05) is 91.9 Å². The number of rotatable bonds is 9. The number of aliphatic hydroxyl groups is 1. The molecule has 9 heteroatoms. The highest BCUT2D eigenvalue weighted by atomic mass is 16.7. The van der Waals surface area contributed by atoms with E-state index in [-0.39, 0.29) is 42.4 Å². The lowest BCUT2D eigenvalue weighted by molar-refractivity contribution is -0.276. The SMILES string of the molecule is CC(=O)NCc1ccccc1-c1ccc(C2OC(CN3CCC(n4c(=O)[nH]c5ccccc54)CC3)C(C)C(c3ccc(CO)cc3)O2)cc1. The molecule has 2 aliphatic rings. The van der Waals surface area contributed by atoms with Crippen molar-refractivity contribution in [2.75, 3.05) is 19.6 Å². The van der Waals surface area contributed by atoms with E-state index in [1.54, 1.807) is 0 Å². The van der Waals surface area contributed by atoms with Gasteiger partial charge in [-0.2, -0.15) is 0 Å². The molecule has 2 fully saturated rings. The molecule has 0 radical (unpaired) electrons. The molecule has 1 amide bonds. The Kier molecular flexibility index (Phi) is 9.77. The average Bonchev–Trinajstić information content (AvgIpc) is 3.47. The minimum absolute atomic E-state index is 0.00334. The van der Waals surface area contributed by atoms with Crippen molar-refractivity contribution in [1.82, 2.24) is 19.8 Å². The molecule has 0 bridgehead atoms. The summed E-state index contributed by atoms with van der Waals surface area (Å²) >= 11 is 0. The molecule has 2 saturated heterocycles. The first-order valence-electron chi connectivity index (χ1n) is 17.2. The quantitative estimate of drug-likeness (QED) is 0.173. The number of piperidine rings is 1. The van der Waals surface area contributed by atoms with Crippen LogP contribution in [0.5, 0.6) is 0 Å². The van der Waals surface area contributed by atoms with Crippen molar-refractivity contribution in [1.29, 1.82) is 0 Å². The number of likely N-dealkylation sites (tertiary alicyclic amines) is 1. The Balaban J connectivity index is 1.10. The lowest BCUT2D eigenvalue weighted by Gasteiger charge is -2.44. The van der Waals surface area contributed by atoms with Crippen molar-refractivity contribution in [3.63, 3.8) is 0 Å². The van der Waals surface area contributed by atoms with Gasteiger partial charge in [0.25, 0.3) is 0 Å². The van der Waals surface area contributed by atoms with E-state index < -0.39 is 6.29 Å². The first-order valence-corrected chi connectivity index (χ1v) is 17.2. The molecule has 2 aliphatic heterocycles. The van der Waals surface area contributed by atoms with Crippen molar-refractivity contribution < 1.29 is 19.4 Å². The lowest BCUT2D eigenvalue weighted by Crippen LogP contribution is -2.47. The second-order valence-electron chi connectivity index (χ2n) is 13.4. The number of hydrogen-bond donors (Lipinski definition) is 3. The van der Waals surface area contributed by atoms with E-state index in [1.807, 2.05) is 71.3 Å². The van der Waals surface area contributed by atoms with Crippen LogP contribution in [0.25, 0.3) is 22.2 Å². The second kappa shape index (κ2) is 14.5. The Morgan fingerprint density at radius 2 is 1.59 bits per heavy atom. The van der Waals surface area contributed by atoms with Gasteiger partial charge >= 0.3 is 5.69 Å². The Morgan fingerprint density at radius 3 is 2.33 bits per heavy atom. The van der Waals surface area contributed by atoms with Gasteiger partial charge in [0.1, 0.15) is 0 Å². The molecule has 5 aromatic rings. The molecule has 49 heavy (non-hydrogen) atoms. The number of nitrogens with zero attached hydrogens (tertiary/aromatic N) is 2. The number of benzene rings is 4. The maximum absolute atomic E-state index is 12.9. The highest BCUT2D eigenvalue weighted by Crippen LogP contribution is 2.42. The number of aromatic nitrogens is 2. The third-order valence-corrected chi connectivity index (χ3v) is 10.1. The Bertz CT molecular complexity index is 1940. The van der Waals surface area contributed by atoms with Crippen LogP contribution < -0.4 is 11.0 Å². The van der Waals surface area contributed by atoms with Gasteiger partial charge in [-0.3, -0.25) is 9.36 Å². The van der Waals surface area contributed by atoms with Crippen LogP contribution >= 0.6 is 0 Å². The summed E-state index contributed by atoms with van der Waals surface area (Å²) in [5.41, 5.74) is 7.84. The molecular formula is C40H44N4O5. The van der Waals surface area contributed by atoms with Crippen molar-refractivity contribution in [2.45, 2.75) is 64.4 Å². The summed E-state index contributed by atoms with van der Waals surface area (Å²) in [6.45, 7) is 6.69. The van der Waals surface area contributed by atoms with E-state index in [0.717, 1.165) is 76.9 Å². The predicted molar refractivity (Wildman–Crippen MR) is 190 cm³/mol. The van der Waals surface area contributed by atoms with E-state index in [1.165, 1.54) is 6.92 Å². The van der Waals surface area contributed by atoms with Crippen molar-refractivity contribution in [2.24, 2.45) is 5.92 Å². The predicted octanol–water partition coefficient (Wildman–Crippen LogP) is 6.25. The number of aromatic amines is 1. The first-order chi connectivity index (χ1) is 23.9. The number of amides is 1. The number of hydrogen-bond acceptors (Lipinski definition) is 6. The van der Waals surface area contributed by atoms with Gasteiger partial charge in [-0.15, -0.1) is 0 Å². The van der Waals surface area contributed by atoms with Gasteiger partial charge in [0.15, 0.2) is 6.29 Å². The number of fused-ring (bicyclic) bond motifs is 1. The number of nitrogens with one attached hydrogen (secondary N) is 2. The van der Waals surface area contributed by atoms with E-state index in [2.05, 4.69) is 52.5 Å². The third kappa shape index (κ3) is 7.12. The summed E-state index contributed by atoms with van der Waals surface area (Å²) in [5.74, 6) is 0.0142. The number of imidazole rings is 1. The van der Waals surface area contributed by atoms with Crippen LogP contribution in [-0.4, -0.2) is 51.2 Å². The molecule has 254 valence electrons. The van der Waals surface area contributed by atoms with Crippen LogP contribution in [0.1, 0.15) is 67.4 Å². The number of carbonyl (C=O) groups is 1. The molecule has 4 atom stereocenters. The Morgan fingerprint density at radius 1 is 0.898 bits per heavy atom. The minimum Gasteiger partial charge on any atom is -0.392 e. The number of H-pyrrole nitrogens is 1. The van der Waals surface area contributed by atoms with Gasteiger partial charge in [0.2, 0.25) is 5.91 Å². The molecule has 3 N–H and O–H groups in total. The highest BCUT2D eigenvalue weighted by Gasteiger charge is 2.39. The van der Waals surface area contributed by atoms with Gasteiger partial charge < -0.3 is 29.8 Å². The maximum Gasteiger partial charge on any atom is 0.326 e. The van der Waals surface area contributed by atoms with Crippen LogP contribution in [0.3, 0.4) is 0 Å². The number of aliphatic hydroxyl groups excluding tert-OH is 1. The lowest BCUT2D eigenvalue weighted by atomic mass is 9.89. The highest BCUT2D eigenvalue weighted by molar-refractivity contribution is 5.75. The van der Waals surface area contributed by atoms with E-state index >= 15 is 0 Å². The zero-order chi connectivity index (χ0) is 33.9. The zero-order valence-corrected chi connectivity index (χ0v) is 28.0. The number of para-hydroxylation sites is 2. The molecule has 4 aromatic carbocycles. The molecule has 4 unspecified atom stereocenters. The van der Waals surface area contributed by atoms with Crippen LogP contribution in [-0.2, 0) is 27.4 Å². The summed E-state index contributed by atoms with van der Waals surface area (Å²) in [5, 5.41) is 12.5. The topological polar surface area (TPSA) is 109 Å². The summed E-state index contributed by atoms with van der Waals surface area (Å²) in [6.07, 6.45) is 0.928. The Labute approximate surface area is 286 Å². The summed E-state index contributed by atoms with van der Waals surface area (Å²) < 4.78 is 15.4. The largest absolute Gasteiger partial charge is 0.392 e. The first kappa shape index (κ1) is 33.0. The van der Waals surface area contributed by atoms with Gasteiger partial charge in [-0.25, -0.2) is 4.79 Å². The van der Waals surface area contributed by atoms with Crippen LogP contribution in [0, 0.1) is 5.92 Å². The molecule has 3 heterocycles. The van der Waals surface area contributed by atoms with Gasteiger partial charge in [0, 0.05) is 50.6 Å². The molecule has 0 saturated carbocycles. The molecular weight excluding hydrogens is 616 g/mol. The van der Waals surface area contributed by atoms with Crippen LogP contribution in [0.2, 0.25) is 0 Å².